The molecule has 0 N–H and O–H groups in total. The van der Waals surface area contributed by atoms with Gasteiger partial charge < -0.3 is 9.47 Å². The SMILES string of the molecule is CC(C)(C)C(C)(C)C.CC(C)C(C)(C)C.CC(C)C(C)(c1ccccc1)c1ccccc1.CC(C)C(C)C.CCC(C)C.COc1ccc(CC(C)C)c(OC)c1. The van der Waals surface area contributed by atoms with Gasteiger partial charge in [0.05, 0.1) is 14.2 Å². The van der Waals surface area contributed by atoms with Crippen LogP contribution in [0.25, 0.3) is 0 Å². The zero-order valence-corrected chi connectivity index (χ0v) is 42.7. The molecule has 3 aromatic rings. The van der Waals surface area contributed by atoms with Gasteiger partial charge in [0.25, 0.3) is 0 Å². The summed E-state index contributed by atoms with van der Waals surface area (Å²) in [6.45, 7) is 51.8. The van der Waals surface area contributed by atoms with Crippen LogP contribution in [0.2, 0.25) is 0 Å². The fourth-order valence-electron chi connectivity index (χ4n) is 3.86. The van der Waals surface area contributed by atoms with Crippen LogP contribution in [0.5, 0.6) is 11.5 Å². The molecular weight excluding hydrogens is 693 g/mol. The monoisotopic (exact) mass is 791 g/mol. The Hall–Kier alpha value is -2.74. The lowest BCUT2D eigenvalue weighted by molar-refractivity contribution is 0.157. The van der Waals surface area contributed by atoms with Crippen LogP contribution in [0.15, 0.2) is 78.9 Å². The fraction of sp³-hybridized carbons (Fsp3) is 0.673. The maximum absolute atomic E-state index is 5.31. The van der Waals surface area contributed by atoms with Gasteiger partial charge >= 0.3 is 0 Å². The van der Waals surface area contributed by atoms with Crippen LogP contribution in [-0.2, 0) is 11.8 Å². The molecule has 0 unspecified atom stereocenters. The van der Waals surface area contributed by atoms with Gasteiger partial charge in [-0.25, -0.2) is 0 Å². The molecule has 0 saturated heterocycles. The summed E-state index contributed by atoms with van der Waals surface area (Å²) in [6.07, 6.45) is 2.34. The van der Waals surface area contributed by atoms with E-state index in [1.54, 1.807) is 14.2 Å². The maximum Gasteiger partial charge on any atom is 0.125 e. The van der Waals surface area contributed by atoms with Crippen LogP contribution < -0.4 is 9.47 Å². The molecule has 3 rings (SSSR count). The normalized spacial score (nSPS) is 11.6. The predicted octanol–water partition coefficient (Wildman–Crippen LogP) is 17.7. The average Bonchev–Trinajstić information content (AvgIpc) is 3.12. The molecule has 0 atom stereocenters. The van der Waals surface area contributed by atoms with E-state index in [0.717, 1.165) is 41.6 Å². The minimum absolute atomic E-state index is 0.0858. The standard InChI is InChI=1S/C17H20.C12H18O2.C8H18.C7H16.C6H14.C5H12/c1-14(2)17(3,15-10-6-4-7-11-15)16-12-8-5-9-13-16;1-9(2)7-10-5-6-11(13-3)8-12(10)14-4;1-7(2,3)8(4,5)6;1-6(2)7(3,4)5;1-5(2)6(3)4;1-4-5(2)3/h4-14H,1-3H3;5-6,8-9H,7H2,1-4H3;1-6H3;6H,1-5H3;5-6H,1-4H3;5H,4H2,1-3H3. The van der Waals surface area contributed by atoms with Gasteiger partial charge in [-0.2, -0.15) is 0 Å². The van der Waals surface area contributed by atoms with Crippen LogP contribution in [0.3, 0.4) is 0 Å². The first-order chi connectivity index (χ1) is 25.9. The van der Waals surface area contributed by atoms with E-state index in [-0.39, 0.29) is 5.41 Å². The van der Waals surface area contributed by atoms with Crippen molar-refractivity contribution in [1.82, 2.24) is 0 Å². The van der Waals surface area contributed by atoms with Crippen molar-refractivity contribution in [3.05, 3.63) is 95.6 Å². The van der Waals surface area contributed by atoms with Crippen molar-refractivity contribution in [2.24, 2.45) is 51.8 Å². The second-order valence-corrected chi connectivity index (χ2v) is 21.2. The molecular formula is C55H98O2. The van der Waals surface area contributed by atoms with Gasteiger partial charge in [0.2, 0.25) is 0 Å². The molecule has 3 aromatic carbocycles. The molecule has 0 radical (unpaired) electrons. The Morgan fingerprint density at radius 2 is 0.825 bits per heavy atom. The van der Waals surface area contributed by atoms with Crippen LogP contribution >= 0.6 is 0 Å². The summed E-state index contributed by atoms with van der Waals surface area (Å²) in [6, 6.07) is 27.5. The number of hydrogen-bond donors (Lipinski definition) is 0. The van der Waals surface area contributed by atoms with Crippen LogP contribution in [0, 0.1) is 51.8 Å². The fourth-order valence-corrected chi connectivity index (χ4v) is 3.86. The van der Waals surface area contributed by atoms with Crippen molar-refractivity contribution < 1.29 is 9.47 Å². The third-order valence-corrected chi connectivity index (χ3v) is 12.2. The largest absolute Gasteiger partial charge is 0.497 e. The molecule has 0 saturated carbocycles. The van der Waals surface area contributed by atoms with Crippen LogP contribution in [0.1, 0.15) is 182 Å². The Balaban J connectivity index is -0.000000655. The van der Waals surface area contributed by atoms with Crippen molar-refractivity contribution in [1.29, 1.82) is 0 Å². The van der Waals surface area contributed by atoms with Crippen molar-refractivity contribution in [3.8, 4) is 11.5 Å². The Labute approximate surface area is 358 Å². The number of hydrogen-bond acceptors (Lipinski definition) is 2. The Morgan fingerprint density at radius 1 is 0.474 bits per heavy atom. The maximum atomic E-state index is 5.31. The van der Waals surface area contributed by atoms with Crippen LogP contribution in [-0.4, -0.2) is 14.2 Å². The lowest BCUT2D eigenvalue weighted by Crippen LogP contribution is -2.29. The third-order valence-electron chi connectivity index (χ3n) is 12.2. The first kappa shape index (κ1) is 58.6. The molecule has 0 aliphatic carbocycles. The molecule has 2 heteroatoms. The summed E-state index contributed by atoms with van der Waals surface area (Å²) in [5.41, 5.74) is 5.48. The molecule has 0 spiro atoms. The van der Waals surface area contributed by atoms with E-state index in [4.69, 9.17) is 9.47 Å². The minimum atomic E-state index is 0.0858. The van der Waals surface area contributed by atoms with Gasteiger partial charge in [-0.1, -0.05) is 232 Å². The Bertz CT molecular complexity index is 1300. The first-order valence-electron chi connectivity index (χ1n) is 22.3. The minimum Gasteiger partial charge on any atom is -0.497 e. The van der Waals surface area contributed by atoms with E-state index in [9.17, 15) is 0 Å². The quantitative estimate of drug-likeness (QED) is 0.215. The van der Waals surface area contributed by atoms with E-state index >= 15 is 0 Å². The average molecular weight is 791 g/mol. The molecule has 0 fully saturated rings. The molecule has 330 valence electrons. The van der Waals surface area contributed by atoms with E-state index in [1.165, 1.54) is 23.1 Å². The van der Waals surface area contributed by atoms with Crippen molar-refractivity contribution in [2.45, 2.75) is 178 Å². The summed E-state index contributed by atoms with van der Waals surface area (Å²) in [7, 11) is 3.36. The highest BCUT2D eigenvalue weighted by molar-refractivity contribution is 5.41. The van der Waals surface area contributed by atoms with E-state index in [0.29, 0.717) is 28.1 Å². The second-order valence-electron chi connectivity index (χ2n) is 21.2. The smallest absolute Gasteiger partial charge is 0.125 e. The molecule has 0 aliphatic heterocycles. The zero-order valence-electron chi connectivity index (χ0n) is 42.7. The molecule has 2 nitrogen and oxygen atoms in total. The van der Waals surface area contributed by atoms with Crippen LogP contribution in [0.4, 0.5) is 0 Å². The van der Waals surface area contributed by atoms with Crippen molar-refractivity contribution in [2.75, 3.05) is 14.2 Å². The Kier molecular flexibility index (Phi) is 29.4. The molecule has 57 heavy (non-hydrogen) atoms. The summed E-state index contributed by atoms with van der Waals surface area (Å²) < 4.78 is 10.4. The molecule has 0 heterocycles. The van der Waals surface area contributed by atoms with Gasteiger partial charge in [0, 0.05) is 11.5 Å². The highest BCUT2D eigenvalue weighted by Gasteiger charge is 2.32. The summed E-state index contributed by atoms with van der Waals surface area (Å²) in [4.78, 5) is 0. The lowest BCUT2D eigenvalue weighted by Gasteiger charge is -2.35. The lowest BCUT2D eigenvalue weighted by atomic mass is 9.68. The van der Waals surface area contributed by atoms with Gasteiger partial charge in [-0.05, 0) is 80.9 Å². The molecule has 0 aliphatic rings. The molecule has 0 amide bonds. The number of benzene rings is 3. The van der Waals surface area contributed by atoms with E-state index in [1.807, 2.05) is 12.1 Å². The number of ether oxygens (including phenoxy) is 2. The third kappa shape index (κ3) is 26.1. The number of rotatable bonds is 9. The van der Waals surface area contributed by atoms with Crippen molar-refractivity contribution >= 4 is 0 Å². The predicted molar refractivity (Wildman–Crippen MR) is 260 cm³/mol. The highest BCUT2D eigenvalue weighted by atomic mass is 16.5. The van der Waals surface area contributed by atoms with Crippen molar-refractivity contribution in [3.63, 3.8) is 0 Å². The summed E-state index contributed by atoms with van der Waals surface area (Å²) >= 11 is 0. The Morgan fingerprint density at radius 3 is 1.04 bits per heavy atom. The van der Waals surface area contributed by atoms with Gasteiger partial charge in [-0.15, -0.1) is 0 Å². The first-order valence-corrected chi connectivity index (χ1v) is 22.3. The van der Waals surface area contributed by atoms with Gasteiger partial charge in [0.15, 0.2) is 0 Å². The van der Waals surface area contributed by atoms with E-state index < -0.39 is 0 Å². The topological polar surface area (TPSA) is 18.5 Å². The van der Waals surface area contributed by atoms with E-state index in [2.05, 4.69) is 226 Å². The summed E-state index contributed by atoms with van der Waals surface area (Å²) in [5.74, 6) is 6.34. The summed E-state index contributed by atoms with van der Waals surface area (Å²) in [5, 5.41) is 0. The molecule has 0 bridgehead atoms. The molecule has 0 aromatic heterocycles. The number of methoxy groups -OCH3 is 2. The second kappa shape index (κ2) is 28.6. The van der Waals surface area contributed by atoms with Gasteiger partial charge in [0.1, 0.15) is 11.5 Å². The van der Waals surface area contributed by atoms with Gasteiger partial charge in [-0.3, -0.25) is 0 Å². The highest BCUT2D eigenvalue weighted by Crippen LogP contribution is 2.39. The zero-order chi connectivity index (χ0) is 45.4.